The molecule has 0 heterocycles. The SMILES string of the molecule is COc1cc(/C=C/C(=O)CC(=O)/C=C/c2ccc(O)c(OC(C(=O)c3ccccc3OC(C)=O)C(=O)c3ccccc3OC(C)=O)c2)ccc1O.COc1cc(/C=C/C(=O)CC(=O)/C=C/c2ccc(O)c(OC(C(C)=O)C(=O)c3ccccc3O)c2)ccc1O. The number of ether oxygens (including phenoxy) is 6. The normalized spacial score (nSPS) is 11.4. The molecule has 0 fully saturated rings. The summed E-state index contributed by atoms with van der Waals surface area (Å²) in [4.78, 5) is 126. The summed E-state index contributed by atoms with van der Waals surface area (Å²) in [6.45, 7) is 3.42. The molecule has 7 aromatic rings. The van der Waals surface area contributed by atoms with Gasteiger partial charge in [-0.3, -0.25) is 47.9 Å². The Bertz CT molecular complexity index is 3960. The molecule has 0 aliphatic carbocycles. The summed E-state index contributed by atoms with van der Waals surface area (Å²) in [7, 11) is 2.79. The molecule has 21 heteroatoms. The maximum Gasteiger partial charge on any atom is 0.308 e. The van der Waals surface area contributed by atoms with Crippen LogP contribution in [0, 0.1) is 0 Å². The zero-order valence-electron chi connectivity index (χ0n) is 48.8. The first-order valence-electron chi connectivity index (χ1n) is 27.0. The van der Waals surface area contributed by atoms with Gasteiger partial charge in [0.25, 0.3) is 0 Å². The molecule has 0 saturated heterocycles. The van der Waals surface area contributed by atoms with Gasteiger partial charge in [-0.2, -0.15) is 0 Å². The number of esters is 2. The highest BCUT2D eigenvalue weighted by atomic mass is 16.5. The van der Waals surface area contributed by atoms with E-state index in [2.05, 4.69) is 0 Å². The Balaban J connectivity index is 0.000000297. The molecule has 5 N–H and O–H groups in total. The summed E-state index contributed by atoms with van der Waals surface area (Å²) in [5, 5.41) is 50.2. The molecule has 0 saturated carbocycles. The van der Waals surface area contributed by atoms with E-state index in [-0.39, 0.29) is 74.2 Å². The van der Waals surface area contributed by atoms with Gasteiger partial charge in [0.15, 0.2) is 74.9 Å². The van der Waals surface area contributed by atoms with E-state index in [1.165, 1.54) is 190 Å². The second-order valence-electron chi connectivity index (χ2n) is 19.3. The third-order valence-corrected chi connectivity index (χ3v) is 12.5. The van der Waals surface area contributed by atoms with Gasteiger partial charge in [0.1, 0.15) is 17.2 Å². The molecule has 0 aromatic heterocycles. The number of ketones is 8. The summed E-state index contributed by atoms with van der Waals surface area (Å²) >= 11 is 0. The smallest absolute Gasteiger partial charge is 0.308 e. The Morgan fingerprint density at radius 3 is 0.989 bits per heavy atom. The molecule has 90 heavy (non-hydrogen) atoms. The minimum Gasteiger partial charge on any atom is -0.507 e. The van der Waals surface area contributed by atoms with Crippen molar-refractivity contribution in [1.82, 2.24) is 0 Å². The molecule has 1 atom stereocenters. The first-order valence-corrected chi connectivity index (χ1v) is 27.0. The molecule has 1 unspecified atom stereocenters. The lowest BCUT2D eigenvalue weighted by molar-refractivity contribution is -0.132. The first kappa shape index (κ1) is 67.1. The number of methoxy groups -OCH3 is 2. The Morgan fingerprint density at radius 1 is 0.356 bits per heavy atom. The van der Waals surface area contributed by atoms with Crippen LogP contribution in [0.1, 0.15) is 86.9 Å². The van der Waals surface area contributed by atoms with Crippen LogP contribution >= 0.6 is 0 Å². The lowest BCUT2D eigenvalue weighted by Gasteiger charge is -2.20. The van der Waals surface area contributed by atoms with Crippen molar-refractivity contribution in [2.24, 2.45) is 0 Å². The molecule has 0 aliphatic heterocycles. The van der Waals surface area contributed by atoms with Crippen LogP contribution in [0.3, 0.4) is 0 Å². The zero-order valence-corrected chi connectivity index (χ0v) is 48.8. The molecular formula is C69H58O21. The zero-order chi connectivity index (χ0) is 65.6. The number of Topliss-reactive ketones (excluding diaryl/α,β-unsaturated/α-hetero) is 4. The van der Waals surface area contributed by atoms with Crippen LogP contribution in [-0.2, 0) is 33.6 Å². The van der Waals surface area contributed by atoms with Crippen LogP contribution in [0.2, 0.25) is 0 Å². The second-order valence-corrected chi connectivity index (χ2v) is 19.3. The number of hydrogen-bond donors (Lipinski definition) is 5. The van der Waals surface area contributed by atoms with Crippen molar-refractivity contribution in [3.8, 4) is 63.2 Å². The van der Waals surface area contributed by atoms with E-state index in [0.29, 0.717) is 22.3 Å². The van der Waals surface area contributed by atoms with Crippen molar-refractivity contribution in [3.05, 3.63) is 209 Å². The van der Waals surface area contributed by atoms with Crippen molar-refractivity contribution < 1.29 is 102 Å². The van der Waals surface area contributed by atoms with Crippen molar-refractivity contribution in [3.63, 3.8) is 0 Å². The fourth-order valence-electron chi connectivity index (χ4n) is 8.12. The lowest BCUT2D eigenvalue weighted by atomic mass is 9.97. The number of phenols is 5. The van der Waals surface area contributed by atoms with E-state index < -0.39 is 89.0 Å². The maximum absolute atomic E-state index is 14.0. The predicted molar refractivity (Wildman–Crippen MR) is 327 cm³/mol. The van der Waals surface area contributed by atoms with Gasteiger partial charge >= 0.3 is 11.9 Å². The van der Waals surface area contributed by atoms with E-state index in [9.17, 15) is 73.5 Å². The molecular weight excluding hydrogens is 1160 g/mol. The van der Waals surface area contributed by atoms with Crippen molar-refractivity contribution in [2.45, 2.75) is 45.8 Å². The van der Waals surface area contributed by atoms with Gasteiger partial charge in [-0.1, -0.05) is 85.0 Å². The Morgan fingerprint density at radius 2 is 0.656 bits per heavy atom. The minimum atomic E-state index is -1.98. The molecule has 0 amide bonds. The average molecular weight is 1220 g/mol. The highest BCUT2D eigenvalue weighted by Gasteiger charge is 2.35. The van der Waals surface area contributed by atoms with E-state index in [0.717, 1.165) is 26.8 Å². The van der Waals surface area contributed by atoms with Crippen LogP contribution in [-0.4, -0.2) is 110 Å². The Kier molecular flexibility index (Phi) is 23.8. The van der Waals surface area contributed by atoms with Gasteiger partial charge in [-0.05, 0) is 138 Å². The Hall–Kier alpha value is -12.0. The third kappa shape index (κ3) is 19.3. The summed E-state index contributed by atoms with van der Waals surface area (Å²) in [5.41, 5.74) is 1.39. The molecule has 0 aliphatic rings. The highest BCUT2D eigenvalue weighted by Crippen LogP contribution is 2.34. The fourth-order valence-corrected chi connectivity index (χ4v) is 8.12. The molecule has 7 aromatic carbocycles. The number of para-hydroxylation sites is 3. The number of allylic oxidation sites excluding steroid dienone is 4. The quantitative estimate of drug-likeness (QED) is 0.0105. The Labute approximate surface area is 514 Å². The van der Waals surface area contributed by atoms with Crippen molar-refractivity contribution in [2.75, 3.05) is 14.2 Å². The van der Waals surface area contributed by atoms with E-state index in [1.54, 1.807) is 12.1 Å². The first-order chi connectivity index (χ1) is 42.9. The summed E-state index contributed by atoms with van der Waals surface area (Å²) in [6, 6.07) is 34.1. The van der Waals surface area contributed by atoms with Crippen molar-refractivity contribution >= 4 is 82.5 Å². The molecule has 460 valence electrons. The largest absolute Gasteiger partial charge is 0.507 e. The molecule has 0 bridgehead atoms. The standard InChI is InChI=1S/C39H32O12.C30H26O9/c1-23(40)49-33-10-6-4-8-29(33)37(46)39(38(47)30-9-5-7-11-34(30)50-24(2)41)51-36-21-26(15-19-32(36)45)13-17-28(43)22-27(42)16-12-25-14-18-31(44)35(20-25)48-3;1-18(31)30(29(37)23-5-3-4-6-24(23)34)39-28-16-20(10-14-26(28)36)8-12-22(33)17-21(32)11-7-19-9-13-25(35)27(15-19)38-2/h4-21,39,44-45H,22H2,1-3H3;3-16,30,34-36H,17H2,1-2H3/b16-12+,17-13+;11-7+,12-8+. The fraction of sp³-hybridized carbons (Fsp3) is 0.130. The molecule has 0 spiro atoms. The molecule has 0 radical (unpaired) electrons. The average Bonchev–Trinajstić information content (AvgIpc) is 0.932. The summed E-state index contributed by atoms with van der Waals surface area (Å²) in [5.74, 6) is -8.27. The van der Waals surface area contributed by atoms with Crippen LogP contribution in [0.5, 0.6) is 63.2 Å². The number of hydrogen-bond acceptors (Lipinski definition) is 21. The number of rotatable bonds is 27. The third-order valence-electron chi connectivity index (χ3n) is 12.5. The number of aromatic hydroxyl groups is 5. The van der Waals surface area contributed by atoms with Crippen LogP contribution < -0.4 is 28.4 Å². The number of carbonyl (C=O) groups excluding carboxylic acids is 10. The summed E-state index contributed by atoms with van der Waals surface area (Å²) < 4.78 is 31.8. The molecule has 21 nitrogen and oxygen atoms in total. The summed E-state index contributed by atoms with van der Waals surface area (Å²) in [6.07, 6.45) is 6.03. The van der Waals surface area contributed by atoms with E-state index >= 15 is 0 Å². The van der Waals surface area contributed by atoms with Crippen LogP contribution in [0.15, 0.2) is 170 Å². The van der Waals surface area contributed by atoms with E-state index in [1.807, 2.05) is 0 Å². The van der Waals surface area contributed by atoms with Gasteiger partial charge in [-0.25, -0.2) is 0 Å². The predicted octanol–water partition coefficient (Wildman–Crippen LogP) is 10.0. The highest BCUT2D eigenvalue weighted by molar-refractivity contribution is 6.21. The van der Waals surface area contributed by atoms with E-state index in [4.69, 9.17) is 28.4 Å². The lowest BCUT2D eigenvalue weighted by Crippen LogP contribution is -2.36. The van der Waals surface area contributed by atoms with Gasteiger partial charge in [0.2, 0.25) is 29.6 Å². The molecule has 7 rings (SSSR count). The second kappa shape index (κ2) is 31.9. The number of phenolic OH excluding ortho intramolecular Hbond substituents is 5. The minimum absolute atomic E-state index is 0.0389. The number of carbonyl (C=O) groups is 10. The van der Waals surface area contributed by atoms with Crippen LogP contribution in [0.4, 0.5) is 0 Å². The van der Waals surface area contributed by atoms with Crippen molar-refractivity contribution in [1.29, 1.82) is 0 Å². The van der Waals surface area contributed by atoms with Crippen LogP contribution in [0.25, 0.3) is 24.3 Å². The topological polar surface area (TPSA) is 327 Å². The van der Waals surface area contributed by atoms with Gasteiger partial charge in [-0.15, -0.1) is 0 Å². The van der Waals surface area contributed by atoms with Gasteiger partial charge < -0.3 is 54.0 Å². The maximum atomic E-state index is 14.0. The number of benzene rings is 7. The van der Waals surface area contributed by atoms with Gasteiger partial charge in [0, 0.05) is 13.8 Å². The monoisotopic (exact) mass is 1220 g/mol. The van der Waals surface area contributed by atoms with Gasteiger partial charge in [0.05, 0.1) is 43.8 Å².